The van der Waals surface area contributed by atoms with Crippen molar-refractivity contribution in [3.63, 3.8) is 0 Å². The predicted octanol–water partition coefficient (Wildman–Crippen LogP) is 2.47. The lowest BCUT2D eigenvalue weighted by atomic mass is 9.72. The van der Waals surface area contributed by atoms with Gasteiger partial charge in [0.25, 0.3) is 0 Å². The molecule has 1 N–H and O–H groups in total. The molecule has 0 saturated carbocycles. The monoisotopic (exact) mass is 275 g/mol. The zero-order valence-corrected chi connectivity index (χ0v) is 12.0. The molecule has 0 unspecified atom stereocenters. The van der Waals surface area contributed by atoms with Gasteiger partial charge in [-0.3, -0.25) is 4.68 Å². The molecule has 0 atom stereocenters. The summed E-state index contributed by atoms with van der Waals surface area (Å²) in [4.78, 5) is 0. The van der Waals surface area contributed by atoms with Crippen molar-refractivity contribution in [1.29, 1.82) is 0 Å². The van der Waals surface area contributed by atoms with Crippen molar-refractivity contribution < 1.29 is 0 Å². The van der Waals surface area contributed by atoms with Crippen LogP contribution < -0.4 is 5.32 Å². The average molecular weight is 276 g/mol. The minimum atomic E-state index is 0.158. The van der Waals surface area contributed by atoms with Gasteiger partial charge in [0, 0.05) is 32.0 Å². The van der Waals surface area contributed by atoms with Crippen LogP contribution in [0.1, 0.15) is 17.0 Å². The van der Waals surface area contributed by atoms with Crippen LogP contribution in [0.5, 0.6) is 0 Å². The van der Waals surface area contributed by atoms with Crippen molar-refractivity contribution in [2.75, 3.05) is 13.1 Å². The van der Waals surface area contributed by atoms with Gasteiger partial charge in [-0.25, -0.2) is 0 Å². The molecule has 1 aliphatic heterocycles. The van der Waals surface area contributed by atoms with E-state index < -0.39 is 0 Å². The van der Waals surface area contributed by atoms with Gasteiger partial charge in [0.1, 0.15) is 0 Å². The first-order valence-corrected chi connectivity index (χ1v) is 6.94. The molecule has 1 saturated heterocycles. The Balaban J connectivity index is 1.96. The maximum absolute atomic E-state index is 6.38. The highest BCUT2D eigenvalue weighted by Gasteiger charge is 2.40. The summed E-state index contributed by atoms with van der Waals surface area (Å²) in [6.45, 7) is 3.95. The van der Waals surface area contributed by atoms with Crippen molar-refractivity contribution in [2.24, 2.45) is 7.05 Å². The number of nitrogens with one attached hydrogen (secondary N) is 1. The lowest BCUT2D eigenvalue weighted by molar-refractivity contribution is 0.270. The van der Waals surface area contributed by atoms with E-state index in [4.69, 9.17) is 11.6 Å². The van der Waals surface area contributed by atoms with E-state index in [1.54, 1.807) is 0 Å². The third-order valence-electron chi connectivity index (χ3n) is 4.08. The Morgan fingerprint density at radius 3 is 2.47 bits per heavy atom. The van der Waals surface area contributed by atoms with Gasteiger partial charge in [-0.15, -0.1) is 0 Å². The van der Waals surface area contributed by atoms with Crippen LogP contribution in [0.3, 0.4) is 0 Å². The van der Waals surface area contributed by atoms with E-state index in [-0.39, 0.29) is 5.41 Å². The van der Waals surface area contributed by atoms with Gasteiger partial charge < -0.3 is 5.32 Å². The smallest absolute Gasteiger partial charge is 0.0847 e. The largest absolute Gasteiger partial charge is 0.315 e. The van der Waals surface area contributed by atoms with Gasteiger partial charge in [-0.1, -0.05) is 41.9 Å². The third kappa shape index (κ3) is 2.07. The molecular formula is C15H18ClN3. The van der Waals surface area contributed by atoms with E-state index in [1.165, 1.54) is 5.56 Å². The molecule has 4 heteroatoms. The van der Waals surface area contributed by atoms with Gasteiger partial charge in [0.2, 0.25) is 0 Å². The number of hydrogen-bond donors (Lipinski definition) is 1. The zero-order valence-electron chi connectivity index (χ0n) is 11.3. The molecule has 2 aromatic rings. The van der Waals surface area contributed by atoms with Crippen LogP contribution in [-0.4, -0.2) is 22.9 Å². The van der Waals surface area contributed by atoms with Gasteiger partial charge >= 0.3 is 0 Å². The molecule has 2 heterocycles. The van der Waals surface area contributed by atoms with Crippen LogP contribution in [0.4, 0.5) is 0 Å². The summed E-state index contributed by atoms with van der Waals surface area (Å²) in [5, 5.41) is 8.61. The number of hydrogen-bond acceptors (Lipinski definition) is 2. The summed E-state index contributed by atoms with van der Waals surface area (Å²) >= 11 is 6.38. The Morgan fingerprint density at radius 2 is 2.00 bits per heavy atom. The molecule has 0 amide bonds. The molecule has 0 aliphatic carbocycles. The summed E-state index contributed by atoms with van der Waals surface area (Å²) in [6.07, 6.45) is 0.931. The van der Waals surface area contributed by atoms with Crippen LogP contribution in [0.15, 0.2) is 30.3 Å². The first-order valence-electron chi connectivity index (χ1n) is 6.57. The lowest BCUT2D eigenvalue weighted by Gasteiger charge is -2.43. The Labute approximate surface area is 118 Å². The summed E-state index contributed by atoms with van der Waals surface area (Å²) < 4.78 is 1.92. The fourth-order valence-electron chi connectivity index (χ4n) is 2.84. The van der Waals surface area contributed by atoms with Crippen molar-refractivity contribution in [3.05, 3.63) is 52.3 Å². The van der Waals surface area contributed by atoms with E-state index in [1.807, 2.05) is 18.7 Å². The number of nitrogens with zero attached hydrogens (tertiary/aromatic N) is 2. The number of aromatic nitrogens is 2. The second-order valence-electron chi connectivity index (χ2n) is 5.40. The Morgan fingerprint density at radius 1 is 1.32 bits per heavy atom. The second-order valence-corrected chi connectivity index (χ2v) is 5.77. The molecular weight excluding hydrogens is 258 g/mol. The Kier molecular flexibility index (Phi) is 3.11. The quantitative estimate of drug-likeness (QED) is 0.933. The normalized spacial score (nSPS) is 17.2. The molecule has 0 bridgehead atoms. The third-order valence-corrected chi connectivity index (χ3v) is 4.57. The molecule has 1 aromatic carbocycles. The molecule has 0 radical (unpaired) electrons. The van der Waals surface area contributed by atoms with E-state index in [0.717, 1.165) is 35.9 Å². The average Bonchev–Trinajstić information content (AvgIpc) is 2.60. The second kappa shape index (κ2) is 4.66. The molecule has 19 heavy (non-hydrogen) atoms. The lowest BCUT2D eigenvalue weighted by Crippen LogP contribution is -2.58. The first-order chi connectivity index (χ1) is 9.12. The van der Waals surface area contributed by atoms with Gasteiger partial charge in [-0.2, -0.15) is 5.10 Å². The molecule has 3 nitrogen and oxygen atoms in total. The van der Waals surface area contributed by atoms with E-state index in [2.05, 4.69) is 40.7 Å². The minimum Gasteiger partial charge on any atom is -0.315 e. The standard InChI is InChI=1S/C15H18ClN3/c1-11-14(16)13(19(2)18-11)8-15(9-17-10-15)12-6-4-3-5-7-12/h3-7,17H,8-10H2,1-2H3. The summed E-state index contributed by atoms with van der Waals surface area (Å²) in [5.41, 5.74) is 3.58. The molecule has 3 rings (SSSR count). The number of aryl methyl sites for hydroxylation is 2. The fourth-order valence-corrected chi connectivity index (χ4v) is 3.07. The molecule has 1 fully saturated rings. The van der Waals surface area contributed by atoms with Gasteiger partial charge in [-0.05, 0) is 12.5 Å². The van der Waals surface area contributed by atoms with Crippen molar-refractivity contribution in [1.82, 2.24) is 15.1 Å². The highest BCUT2D eigenvalue weighted by atomic mass is 35.5. The van der Waals surface area contributed by atoms with Crippen LogP contribution in [0.2, 0.25) is 5.02 Å². The van der Waals surface area contributed by atoms with Crippen LogP contribution >= 0.6 is 11.6 Å². The fraction of sp³-hybridized carbons (Fsp3) is 0.400. The van der Waals surface area contributed by atoms with Gasteiger partial charge in [0.05, 0.1) is 16.4 Å². The first kappa shape index (κ1) is 12.7. The van der Waals surface area contributed by atoms with Crippen LogP contribution in [0.25, 0.3) is 0 Å². The summed E-state index contributed by atoms with van der Waals surface area (Å²) in [7, 11) is 1.97. The maximum Gasteiger partial charge on any atom is 0.0847 e. The SMILES string of the molecule is Cc1nn(C)c(CC2(c3ccccc3)CNC2)c1Cl. The topological polar surface area (TPSA) is 29.9 Å². The van der Waals surface area contributed by atoms with E-state index in [0.29, 0.717) is 0 Å². The molecule has 1 aromatic heterocycles. The zero-order chi connectivity index (χ0) is 13.5. The van der Waals surface area contributed by atoms with Crippen molar-refractivity contribution in [2.45, 2.75) is 18.8 Å². The molecule has 0 spiro atoms. The number of halogens is 1. The van der Waals surface area contributed by atoms with Crippen molar-refractivity contribution in [3.8, 4) is 0 Å². The predicted molar refractivity (Wildman–Crippen MR) is 77.6 cm³/mol. The van der Waals surface area contributed by atoms with Crippen molar-refractivity contribution >= 4 is 11.6 Å². The molecule has 100 valence electrons. The molecule has 1 aliphatic rings. The highest BCUT2D eigenvalue weighted by molar-refractivity contribution is 6.31. The number of rotatable bonds is 3. The summed E-state index contributed by atoms with van der Waals surface area (Å²) in [5.74, 6) is 0. The Bertz CT molecular complexity index is 585. The number of benzene rings is 1. The maximum atomic E-state index is 6.38. The Hall–Kier alpha value is -1.32. The van der Waals surface area contributed by atoms with E-state index >= 15 is 0 Å². The minimum absolute atomic E-state index is 0.158. The van der Waals surface area contributed by atoms with Gasteiger partial charge in [0.15, 0.2) is 0 Å². The van der Waals surface area contributed by atoms with Crippen LogP contribution in [0, 0.1) is 6.92 Å². The highest BCUT2D eigenvalue weighted by Crippen LogP contribution is 2.34. The van der Waals surface area contributed by atoms with Crippen LogP contribution in [-0.2, 0) is 18.9 Å². The summed E-state index contributed by atoms with van der Waals surface area (Å²) in [6, 6.07) is 10.7. The van der Waals surface area contributed by atoms with E-state index in [9.17, 15) is 0 Å².